The van der Waals surface area contributed by atoms with E-state index in [1.165, 1.54) is 29.6 Å². The summed E-state index contributed by atoms with van der Waals surface area (Å²) in [4.78, 5) is 15.2. The molecule has 23 heavy (non-hydrogen) atoms. The third kappa shape index (κ3) is 2.83. The number of rotatable bonds is 4. The number of piperidine rings is 1. The number of hydrogen-bond donors (Lipinski definition) is 1. The summed E-state index contributed by atoms with van der Waals surface area (Å²) in [5.41, 5.74) is 5.93. The van der Waals surface area contributed by atoms with Gasteiger partial charge in [0.25, 0.3) is 5.91 Å². The lowest BCUT2D eigenvalue weighted by Gasteiger charge is -2.37. The van der Waals surface area contributed by atoms with Crippen LogP contribution in [0.3, 0.4) is 0 Å². The second kappa shape index (κ2) is 5.20. The number of nitrogens with zero attached hydrogens (tertiary/aromatic N) is 1. The number of hydrogen-bond acceptors (Lipinski definition) is 2. The maximum Gasteiger partial charge on any atom is 0.252 e. The van der Waals surface area contributed by atoms with E-state index in [4.69, 9.17) is 0 Å². The molecule has 1 aliphatic heterocycles. The smallest absolute Gasteiger partial charge is 0.252 e. The first-order chi connectivity index (χ1) is 10.9. The van der Waals surface area contributed by atoms with Crippen LogP contribution >= 0.6 is 0 Å². The van der Waals surface area contributed by atoms with Gasteiger partial charge in [0.15, 0.2) is 0 Å². The third-order valence-electron chi connectivity index (χ3n) is 5.46. The summed E-state index contributed by atoms with van der Waals surface area (Å²) in [5.74, 6) is 0.910. The Kier molecular flexibility index (Phi) is 3.38. The zero-order valence-electron chi connectivity index (χ0n) is 14.4. The van der Waals surface area contributed by atoms with Crippen LogP contribution in [0, 0.1) is 5.92 Å². The Balaban J connectivity index is 1.41. The van der Waals surface area contributed by atoms with Gasteiger partial charge in [0, 0.05) is 17.7 Å². The zero-order valence-corrected chi connectivity index (χ0v) is 14.4. The van der Waals surface area contributed by atoms with Crippen LogP contribution in [0.15, 0.2) is 46.1 Å². The molecule has 4 rings (SSSR count). The monoisotopic (exact) mass is 310 g/mol. The Hall–Kier alpha value is -1.61. The molecule has 0 unspecified atom stereocenters. The average molecular weight is 310 g/mol. The van der Waals surface area contributed by atoms with Gasteiger partial charge in [-0.2, -0.15) is 0 Å². The predicted octanol–water partition coefficient (Wildman–Crippen LogP) is 3.12. The summed E-state index contributed by atoms with van der Waals surface area (Å²) < 4.78 is 0. The van der Waals surface area contributed by atoms with E-state index in [1.807, 2.05) is 6.08 Å². The van der Waals surface area contributed by atoms with Crippen LogP contribution in [0.2, 0.25) is 0 Å². The van der Waals surface area contributed by atoms with E-state index in [2.05, 4.69) is 43.1 Å². The fourth-order valence-corrected chi connectivity index (χ4v) is 4.03. The van der Waals surface area contributed by atoms with Gasteiger partial charge in [-0.1, -0.05) is 13.0 Å². The van der Waals surface area contributed by atoms with Crippen molar-refractivity contribution in [3.63, 3.8) is 0 Å². The second-order valence-electron chi connectivity index (χ2n) is 8.20. The first-order valence-electron chi connectivity index (χ1n) is 8.85. The Labute approximate surface area is 138 Å². The molecule has 0 spiro atoms. The largest absolute Gasteiger partial charge is 0.346 e. The zero-order chi connectivity index (χ0) is 16.2. The molecule has 1 saturated carbocycles. The van der Waals surface area contributed by atoms with E-state index in [1.54, 1.807) is 0 Å². The minimum atomic E-state index is -0.205. The van der Waals surface area contributed by atoms with E-state index in [-0.39, 0.29) is 11.4 Å². The van der Waals surface area contributed by atoms with Crippen LogP contribution < -0.4 is 5.32 Å². The molecule has 1 saturated heterocycles. The highest BCUT2D eigenvalue weighted by molar-refractivity contribution is 6.02. The maximum absolute atomic E-state index is 12.7. The summed E-state index contributed by atoms with van der Waals surface area (Å²) in [6.45, 7) is 9.82. The van der Waals surface area contributed by atoms with Crippen LogP contribution in [-0.2, 0) is 4.79 Å². The molecule has 0 atom stereocenters. The van der Waals surface area contributed by atoms with Gasteiger partial charge in [-0.05, 0) is 86.6 Å². The molecular formula is C20H26N2O. The number of carbonyl (C=O) groups excluding carboxylic acids is 1. The number of nitrogens with one attached hydrogen (secondary N) is 1. The fourth-order valence-electron chi connectivity index (χ4n) is 4.03. The van der Waals surface area contributed by atoms with Gasteiger partial charge in [-0.25, -0.2) is 0 Å². The average Bonchev–Trinajstić information content (AvgIpc) is 2.96. The van der Waals surface area contributed by atoms with E-state index in [0.29, 0.717) is 0 Å². The second-order valence-corrected chi connectivity index (χ2v) is 8.20. The first-order valence-corrected chi connectivity index (χ1v) is 8.85. The molecule has 3 nitrogen and oxygen atoms in total. The molecule has 3 heteroatoms. The number of allylic oxidation sites excluding steroid dienone is 6. The van der Waals surface area contributed by atoms with Crippen molar-refractivity contribution in [1.82, 2.24) is 10.2 Å². The highest BCUT2D eigenvalue weighted by Crippen LogP contribution is 2.51. The molecule has 0 bridgehead atoms. The molecule has 2 fully saturated rings. The highest BCUT2D eigenvalue weighted by Gasteiger charge is 2.36. The quantitative estimate of drug-likeness (QED) is 0.865. The number of fused-ring (bicyclic) bond motifs is 2. The van der Waals surface area contributed by atoms with E-state index in [0.717, 1.165) is 43.1 Å². The van der Waals surface area contributed by atoms with Gasteiger partial charge < -0.3 is 10.2 Å². The van der Waals surface area contributed by atoms with Crippen LogP contribution in [0.5, 0.6) is 0 Å². The van der Waals surface area contributed by atoms with Gasteiger partial charge in [0.2, 0.25) is 0 Å². The van der Waals surface area contributed by atoms with Crippen LogP contribution in [0.4, 0.5) is 0 Å². The Morgan fingerprint density at radius 2 is 2.00 bits per heavy atom. The lowest BCUT2D eigenvalue weighted by atomic mass is 9.96. The summed E-state index contributed by atoms with van der Waals surface area (Å²) >= 11 is 0. The molecule has 1 heterocycles. The maximum atomic E-state index is 12.7. The van der Waals surface area contributed by atoms with Crippen molar-refractivity contribution in [2.45, 2.75) is 45.6 Å². The van der Waals surface area contributed by atoms with Gasteiger partial charge in [-0.15, -0.1) is 0 Å². The number of likely N-dealkylation sites (tertiary alicyclic amines) is 1. The van der Waals surface area contributed by atoms with Gasteiger partial charge in [0.05, 0.1) is 0 Å². The van der Waals surface area contributed by atoms with Crippen molar-refractivity contribution in [2.24, 2.45) is 5.92 Å². The molecule has 0 radical (unpaired) electrons. The molecule has 1 N–H and O–H groups in total. The molecule has 1 amide bonds. The summed E-state index contributed by atoms with van der Waals surface area (Å²) in [6, 6.07) is 0. The molecule has 0 aromatic heterocycles. The molecule has 3 aliphatic carbocycles. The molecule has 122 valence electrons. The summed E-state index contributed by atoms with van der Waals surface area (Å²) in [6.07, 6.45) is 9.95. The Morgan fingerprint density at radius 3 is 2.74 bits per heavy atom. The number of amides is 1. The lowest BCUT2D eigenvalue weighted by Crippen LogP contribution is -2.53. The van der Waals surface area contributed by atoms with Gasteiger partial charge in [0.1, 0.15) is 0 Å². The Bertz CT molecular complexity index is 682. The fraction of sp³-hybridized carbons (Fsp3) is 0.550. The normalized spacial score (nSPS) is 24.0. The minimum absolute atomic E-state index is 0.0698. The first kappa shape index (κ1) is 14.9. The molecule has 0 aromatic rings. The summed E-state index contributed by atoms with van der Waals surface area (Å²) in [7, 11) is 0. The van der Waals surface area contributed by atoms with Crippen molar-refractivity contribution in [3.05, 3.63) is 46.1 Å². The number of carbonyl (C=O) groups is 1. The van der Waals surface area contributed by atoms with Crippen LogP contribution in [0.1, 0.15) is 40.0 Å². The van der Waals surface area contributed by atoms with E-state index < -0.39 is 0 Å². The Morgan fingerprint density at radius 1 is 1.26 bits per heavy atom. The van der Waals surface area contributed by atoms with Crippen molar-refractivity contribution in [2.75, 3.05) is 19.6 Å². The van der Waals surface area contributed by atoms with Gasteiger partial charge in [-0.3, -0.25) is 4.79 Å². The minimum Gasteiger partial charge on any atom is -0.346 e. The van der Waals surface area contributed by atoms with E-state index in [9.17, 15) is 4.79 Å². The summed E-state index contributed by atoms with van der Waals surface area (Å²) in [5, 5.41) is 3.26. The topological polar surface area (TPSA) is 32.3 Å². The molecule has 4 aliphatic rings. The lowest BCUT2D eigenvalue weighted by molar-refractivity contribution is -0.119. The molecule has 0 aromatic carbocycles. The van der Waals surface area contributed by atoms with Crippen molar-refractivity contribution in [3.8, 4) is 0 Å². The third-order valence-corrected chi connectivity index (χ3v) is 5.46. The van der Waals surface area contributed by atoms with Crippen molar-refractivity contribution in [1.29, 1.82) is 0 Å². The van der Waals surface area contributed by atoms with Gasteiger partial charge >= 0.3 is 0 Å². The van der Waals surface area contributed by atoms with Crippen molar-refractivity contribution >= 4 is 5.91 Å². The van der Waals surface area contributed by atoms with Crippen LogP contribution in [0.25, 0.3) is 0 Å². The molecular weight excluding hydrogens is 284 g/mol. The predicted molar refractivity (Wildman–Crippen MR) is 93.0 cm³/mol. The van der Waals surface area contributed by atoms with Crippen LogP contribution in [-0.4, -0.2) is 36.0 Å². The standard InChI is InChI=1S/C20H26N2O/c1-13-6-8-22(9-7-13)12-20(2,3)21-19(23)16-5-4-15-17-10-14(17)11-18(15)16/h4-5,11,13H,6-10,12H2,1-3H3,(H,21,23). The SMILES string of the molecule is CC1CCN(CC(C)(C)NC(=O)C2=C3C=C4CC4=C3C=C2)CC1. The highest BCUT2D eigenvalue weighted by atomic mass is 16.1. The van der Waals surface area contributed by atoms with E-state index >= 15 is 0 Å². The van der Waals surface area contributed by atoms with Crippen molar-refractivity contribution < 1.29 is 4.79 Å².